The van der Waals surface area contributed by atoms with Gasteiger partial charge in [-0.15, -0.1) is 0 Å². The van der Waals surface area contributed by atoms with Gasteiger partial charge in [0.2, 0.25) is 0 Å². The van der Waals surface area contributed by atoms with Crippen LogP contribution < -0.4 is 0 Å². The number of aliphatic hydroxyl groups is 1. The van der Waals surface area contributed by atoms with E-state index in [1.165, 1.54) is 19.8 Å². The highest BCUT2D eigenvalue weighted by molar-refractivity contribution is 4.70. The third kappa shape index (κ3) is 14.7. The van der Waals surface area contributed by atoms with E-state index in [4.69, 9.17) is 5.11 Å². The van der Waals surface area contributed by atoms with Crippen molar-refractivity contribution in [2.75, 3.05) is 6.61 Å². The number of hydrogen-bond donors (Lipinski definition) is 1. The van der Waals surface area contributed by atoms with Gasteiger partial charge in [0.1, 0.15) is 5.67 Å². The van der Waals surface area contributed by atoms with Crippen LogP contribution in [0.15, 0.2) is 0 Å². The van der Waals surface area contributed by atoms with Crippen molar-refractivity contribution in [1.82, 2.24) is 0 Å². The van der Waals surface area contributed by atoms with Gasteiger partial charge in [0.15, 0.2) is 0 Å². The van der Waals surface area contributed by atoms with Crippen LogP contribution in [-0.4, -0.2) is 17.4 Å². The predicted molar refractivity (Wildman–Crippen MR) is 56.7 cm³/mol. The highest BCUT2D eigenvalue weighted by Crippen LogP contribution is 2.16. The monoisotopic (exact) mass is 192 g/mol. The van der Waals surface area contributed by atoms with Gasteiger partial charge in [-0.1, -0.05) is 46.5 Å². The van der Waals surface area contributed by atoms with Crippen molar-refractivity contribution in [2.45, 2.75) is 65.5 Å². The molecule has 13 heavy (non-hydrogen) atoms. The molecule has 0 saturated heterocycles. The summed E-state index contributed by atoms with van der Waals surface area (Å²) in [7, 11) is 0. The Labute approximate surface area is 82.4 Å². The van der Waals surface area contributed by atoms with Crippen molar-refractivity contribution < 1.29 is 9.50 Å². The van der Waals surface area contributed by atoms with Gasteiger partial charge in [0.05, 0.1) is 6.61 Å². The Bertz CT molecular complexity index is 90.1. The van der Waals surface area contributed by atoms with Crippen molar-refractivity contribution in [1.29, 1.82) is 0 Å². The van der Waals surface area contributed by atoms with Gasteiger partial charge in [0, 0.05) is 0 Å². The van der Waals surface area contributed by atoms with Crippen LogP contribution in [-0.2, 0) is 0 Å². The van der Waals surface area contributed by atoms with E-state index in [9.17, 15) is 4.39 Å². The molecule has 0 fully saturated rings. The molecule has 0 aromatic rings. The van der Waals surface area contributed by atoms with E-state index in [0.717, 1.165) is 12.8 Å². The fraction of sp³-hybridized carbons (Fsp3) is 1.00. The standard InChI is InChI=1S/C7H15FO.C4H10/c1-3-4-5-7(2,8)6-9;1-3-4-2/h9H,3-6H2,1-2H3;3-4H2,1-2H3. The molecule has 0 rings (SSSR count). The van der Waals surface area contributed by atoms with Crippen molar-refractivity contribution >= 4 is 0 Å². The topological polar surface area (TPSA) is 20.2 Å². The molecule has 1 atom stereocenters. The minimum atomic E-state index is -1.35. The number of aliphatic hydroxyl groups excluding tert-OH is 1. The maximum absolute atomic E-state index is 12.8. The zero-order valence-corrected chi connectivity index (χ0v) is 9.57. The van der Waals surface area contributed by atoms with E-state index in [2.05, 4.69) is 13.8 Å². The Morgan fingerprint density at radius 3 is 1.77 bits per heavy atom. The van der Waals surface area contributed by atoms with E-state index in [1.807, 2.05) is 6.92 Å². The van der Waals surface area contributed by atoms with Crippen molar-refractivity contribution in [3.63, 3.8) is 0 Å². The van der Waals surface area contributed by atoms with Gasteiger partial charge in [-0.25, -0.2) is 4.39 Å². The highest BCUT2D eigenvalue weighted by atomic mass is 19.1. The highest BCUT2D eigenvalue weighted by Gasteiger charge is 2.19. The Balaban J connectivity index is 0. The summed E-state index contributed by atoms with van der Waals surface area (Å²) in [5, 5.41) is 8.45. The summed E-state index contributed by atoms with van der Waals surface area (Å²) in [6.45, 7) is 7.45. The minimum absolute atomic E-state index is 0.354. The Morgan fingerprint density at radius 2 is 1.54 bits per heavy atom. The molecule has 0 bridgehead atoms. The van der Waals surface area contributed by atoms with E-state index in [1.54, 1.807) is 0 Å². The Morgan fingerprint density at radius 1 is 1.08 bits per heavy atom. The van der Waals surface area contributed by atoms with Crippen LogP contribution in [0.25, 0.3) is 0 Å². The second kappa shape index (κ2) is 9.97. The molecule has 0 spiro atoms. The molecule has 0 aromatic carbocycles. The van der Waals surface area contributed by atoms with E-state index in [-0.39, 0.29) is 6.61 Å². The lowest BCUT2D eigenvalue weighted by Gasteiger charge is -2.15. The normalized spacial score (nSPS) is 14.3. The third-order valence-electron chi connectivity index (χ3n) is 1.88. The van der Waals surface area contributed by atoms with E-state index >= 15 is 0 Å². The van der Waals surface area contributed by atoms with Crippen LogP contribution in [0.3, 0.4) is 0 Å². The lowest BCUT2D eigenvalue weighted by Crippen LogP contribution is -2.22. The molecular weight excluding hydrogens is 167 g/mol. The molecule has 1 unspecified atom stereocenters. The van der Waals surface area contributed by atoms with E-state index < -0.39 is 5.67 Å². The predicted octanol–water partition coefficient (Wildman–Crippen LogP) is 3.70. The second-order valence-corrected chi connectivity index (χ2v) is 3.68. The summed E-state index contributed by atoms with van der Waals surface area (Å²) in [6.07, 6.45) is 4.95. The van der Waals surface area contributed by atoms with Gasteiger partial charge >= 0.3 is 0 Å². The number of rotatable bonds is 5. The number of unbranched alkanes of at least 4 members (excludes halogenated alkanes) is 2. The first-order chi connectivity index (χ1) is 6.04. The van der Waals surface area contributed by atoms with Crippen molar-refractivity contribution in [2.24, 2.45) is 0 Å². The molecule has 0 amide bonds. The fourth-order valence-corrected chi connectivity index (χ4v) is 0.624. The first kappa shape index (κ1) is 15.4. The van der Waals surface area contributed by atoms with Gasteiger partial charge < -0.3 is 5.11 Å². The smallest absolute Gasteiger partial charge is 0.131 e. The summed E-state index contributed by atoms with van der Waals surface area (Å²) in [5.41, 5.74) is -1.35. The molecule has 82 valence electrons. The maximum Gasteiger partial charge on any atom is 0.131 e. The fourth-order valence-electron chi connectivity index (χ4n) is 0.624. The summed E-state index contributed by atoms with van der Waals surface area (Å²) in [4.78, 5) is 0. The lowest BCUT2D eigenvalue weighted by molar-refractivity contribution is 0.0778. The van der Waals surface area contributed by atoms with Gasteiger partial charge in [-0.05, 0) is 13.3 Å². The Kier molecular flexibility index (Phi) is 11.8. The third-order valence-corrected chi connectivity index (χ3v) is 1.88. The SMILES string of the molecule is CCCC.CCCCC(C)(F)CO. The van der Waals surface area contributed by atoms with Crippen molar-refractivity contribution in [3.05, 3.63) is 0 Å². The van der Waals surface area contributed by atoms with Gasteiger partial charge in [-0.2, -0.15) is 0 Å². The number of halogens is 1. The molecule has 0 aliphatic rings. The molecule has 2 heteroatoms. The largest absolute Gasteiger partial charge is 0.393 e. The molecule has 0 radical (unpaired) electrons. The van der Waals surface area contributed by atoms with Crippen LogP contribution in [0.2, 0.25) is 0 Å². The molecule has 0 aliphatic carbocycles. The second-order valence-electron chi connectivity index (χ2n) is 3.68. The quantitative estimate of drug-likeness (QED) is 0.704. The van der Waals surface area contributed by atoms with Crippen LogP contribution in [0.4, 0.5) is 4.39 Å². The maximum atomic E-state index is 12.8. The van der Waals surface area contributed by atoms with Crippen LogP contribution >= 0.6 is 0 Å². The molecule has 0 aliphatic heterocycles. The molecule has 1 N–H and O–H groups in total. The van der Waals surface area contributed by atoms with Gasteiger partial charge in [0.25, 0.3) is 0 Å². The lowest BCUT2D eigenvalue weighted by atomic mass is 10.0. The van der Waals surface area contributed by atoms with Crippen LogP contribution in [0.1, 0.15) is 59.8 Å². The minimum Gasteiger partial charge on any atom is -0.393 e. The average Bonchev–Trinajstić information content (AvgIpc) is 2.15. The molecular formula is C11H25FO. The van der Waals surface area contributed by atoms with Gasteiger partial charge in [-0.3, -0.25) is 0 Å². The molecule has 1 nitrogen and oxygen atoms in total. The first-order valence-corrected chi connectivity index (χ1v) is 5.33. The van der Waals surface area contributed by atoms with Crippen molar-refractivity contribution in [3.8, 4) is 0 Å². The Hall–Kier alpha value is -0.110. The zero-order chi connectivity index (χ0) is 10.7. The molecule has 0 aromatic heterocycles. The van der Waals surface area contributed by atoms with Crippen LogP contribution in [0, 0.1) is 0 Å². The zero-order valence-electron chi connectivity index (χ0n) is 9.57. The van der Waals surface area contributed by atoms with E-state index in [0.29, 0.717) is 6.42 Å². The summed E-state index contributed by atoms with van der Waals surface area (Å²) in [5.74, 6) is 0. The summed E-state index contributed by atoms with van der Waals surface area (Å²) in [6, 6.07) is 0. The summed E-state index contributed by atoms with van der Waals surface area (Å²) < 4.78 is 12.8. The first-order valence-electron chi connectivity index (χ1n) is 5.33. The summed E-state index contributed by atoms with van der Waals surface area (Å²) >= 11 is 0. The average molecular weight is 192 g/mol. The number of hydrogen-bond acceptors (Lipinski definition) is 1. The molecule has 0 heterocycles. The number of alkyl halides is 1. The van der Waals surface area contributed by atoms with Crippen LogP contribution in [0.5, 0.6) is 0 Å². The molecule has 0 saturated carbocycles.